The van der Waals surface area contributed by atoms with Gasteiger partial charge in [0.2, 0.25) is 5.91 Å². The molecule has 0 aromatic carbocycles. The Morgan fingerprint density at radius 1 is 1.20 bits per heavy atom. The minimum atomic E-state index is -0.449. The van der Waals surface area contributed by atoms with Crippen molar-refractivity contribution < 1.29 is 9.59 Å². The zero-order chi connectivity index (χ0) is 14.7. The van der Waals surface area contributed by atoms with Gasteiger partial charge in [0.05, 0.1) is 10.9 Å². The molecule has 5 nitrogen and oxygen atoms in total. The quantitative estimate of drug-likeness (QED) is 0.905. The van der Waals surface area contributed by atoms with Gasteiger partial charge in [-0.15, -0.1) is 11.3 Å². The van der Waals surface area contributed by atoms with Crippen molar-refractivity contribution in [2.45, 2.75) is 19.9 Å². The van der Waals surface area contributed by atoms with Crippen LogP contribution in [0.4, 0.5) is 0 Å². The van der Waals surface area contributed by atoms with E-state index < -0.39 is 6.04 Å². The van der Waals surface area contributed by atoms with Crippen LogP contribution in [0.25, 0.3) is 0 Å². The van der Waals surface area contributed by atoms with Gasteiger partial charge in [-0.1, -0.05) is 19.9 Å². The fourth-order valence-corrected chi connectivity index (χ4v) is 2.87. The predicted molar refractivity (Wildman–Crippen MR) is 79.6 cm³/mol. The van der Waals surface area contributed by atoms with Crippen LogP contribution in [-0.2, 0) is 4.79 Å². The van der Waals surface area contributed by atoms with Crippen molar-refractivity contribution in [3.63, 3.8) is 0 Å². The lowest BCUT2D eigenvalue weighted by Crippen LogP contribution is -2.55. The summed E-state index contributed by atoms with van der Waals surface area (Å²) in [4.78, 5) is 28.7. The lowest BCUT2D eigenvalue weighted by molar-refractivity contribution is -0.135. The smallest absolute Gasteiger partial charge is 0.264 e. The van der Waals surface area contributed by atoms with E-state index in [9.17, 15) is 9.59 Å². The fraction of sp³-hybridized carbons (Fsp3) is 0.571. The van der Waals surface area contributed by atoms with Crippen LogP contribution in [-0.4, -0.2) is 53.8 Å². The van der Waals surface area contributed by atoms with Crippen LogP contribution in [0.15, 0.2) is 17.5 Å². The molecule has 0 saturated carbocycles. The molecule has 0 aliphatic carbocycles. The largest absolute Gasteiger partial charge is 0.338 e. The topological polar surface area (TPSA) is 66.6 Å². The summed E-state index contributed by atoms with van der Waals surface area (Å²) in [6.45, 7) is 6.17. The Hall–Kier alpha value is -1.40. The molecule has 1 atom stereocenters. The summed E-state index contributed by atoms with van der Waals surface area (Å²) in [5.41, 5.74) is 5.89. The standard InChI is InChI=1S/C14H21N3O2S/c1-10(2)12(15)14(19)17-7-5-16(6-8-17)13(18)11-4-3-9-20-11/h3-4,9-10,12H,5-8,15H2,1-2H3. The van der Waals surface area contributed by atoms with E-state index in [-0.39, 0.29) is 17.7 Å². The monoisotopic (exact) mass is 295 g/mol. The Morgan fingerprint density at radius 3 is 2.30 bits per heavy atom. The second kappa shape index (κ2) is 6.37. The molecule has 1 aliphatic rings. The summed E-state index contributed by atoms with van der Waals surface area (Å²) in [7, 11) is 0. The van der Waals surface area contributed by atoms with E-state index in [0.717, 1.165) is 4.88 Å². The number of nitrogens with two attached hydrogens (primary N) is 1. The molecule has 2 heterocycles. The van der Waals surface area contributed by atoms with Gasteiger partial charge in [0.1, 0.15) is 0 Å². The summed E-state index contributed by atoms with van der Waals surface area (Å²) in [5, 5.41) is 1.90. The molecule has 0 bridgehead atoms. The van der Waals surface area contributed by atoms with Gasteiger partial charge in [-0.05, 0) is 17.4 Å². The van der Waals surface area contributed by atoms with Crippen molar-refractivity contribution in [2.75, 3.05) is 26.2 Å². The predicted octanol–water partition coefficient (Wildman–Crippen LogP) is 1.02. The summed E-state index contributed by atoms with van der Waals surface area (Å²) in [6.07, 6.45) is 0. The van der Waals surface area contributed by atoms with Crippen LogP contribution in [0.5, 0.6) is 0 Å². The minimum Gasteiger partial charge on any atom is -0.338 e. The van der Waals surface area contributed by atoms with Crippen molar-refractivity contribution in [1.29, 1.82) is 0 Å². The first-order valence-electron chi connectivity index (χ1n) is 6.88. The zero-order valence-corrected chi connectivity index (χ0v) is 12.7. The number of carbonyl (C=O) groups is 2. The summed E-state index contributed by atoms with van der Waals surface area (Å²) < 4.78 is 0. The van der Waals surface area contributed by atoms with Crippen LogP contribution >= 0.6 is 11.3 Å². The van der Waals surface area contributed by atoms with Crippen LogP contribution in [0.1, 0.15) is 23.5 Å². The number of rotatable bonds is 3. The van der Waals surface area contributed by atoms with E-state index in [0.29, 0.717) is 26.2 Å². The number of nitrogens with zero attached hydrogens (tertiary/aromatic N) is 2. The molecule has 1 aromatic rings. The maximum Gasteiger partial charge on any atom is 0.264 e. The summed E-state index contributed by atoms with van der Waals surface area (Å²) >= 11 is 1.45. The normalized spacial score (nSPS) is 17.4. The molecule has 110 valence electrons. The van der Waals surface area contributed by atoms with Crippen LogP contribution in [0.2, 0.25) is 0 Å². The average molecular weight is 295 g/mol. The van der Waals surface area contributed by atoms with Gasteiger partial charge in [0, 0.05) is 26.2 Å². The molecule has 1 fully saturated rings. The maximum atomic E-state index is 12.2. The molecule has 2 N–H and O–H groups in total. The third-order valence-corrected chi connectivity index (χ3v) is 4.47. The van der Waals surface area contributed by atoms with Crippen LogP contribution in [0, 0.1) is 5.92 Å². The third-order valence-electron chi connectivity index (χ3n) is 3.61. The number of thiophene rings is 1. The lowest BCUT2D eigenvalue weighted by atomic mass is 10.0. The SMILES string of the molecule is CC(C)C(N)C(=O)N1CCN(C(=O)c2cccs2)CC1. The number of carbonyl (C=O) groups excluding carboxylic acids is 2. The second-order valence-electron chi connectivity index (χ2n) is 5.36. The van der Waals surface area contributed by atoms with E-state index in [1.54, 1.807) is 9.80 Å². The van der Waals surface area contributed by atoms with Gasteiger partial charge in [-0.3, -0.25) is 9.59 Å². The highest BCUT2D eigenvalue weighted by atomic mass is 32.1. The fourth-order valence-electron chi connectivity index (χ4n) is 2.18. The number of hydrogen-bond donors (Lipinski definition) is 1. The van der Waals surface area contributed by atoms with Crippen LogP contribution < -0.4 is 5.73 Å². The van der Waals surface area contributed by atoms with Crippen molar-refractivity contribution in [2.24, 2.45) is 11.7 Å². The molecular formula is C14H21N3O2S. The average Bonchev–Trinajstić information content (AvgIpc) is 2.99. The van der Waals surface area contributed by atoms with E-state index >= 15 is 0 Å². The minimum absolute atomic E-state index is 0.0109. The number of hydrogen-bond acceptors (Lipinski definition) is 4. The first-order chi connectivity index (χ1) is 9.50. The van der Waals surface area contributed by atoms with Gasteiger partial charge < -0.3 is 15.5 Å². The Bertz CT molecular complexity index is 465. The number of amides is 2. The first kappa shape index (κ1) is 15.0. The van der Waals surface area contributed by atoms with Crippen molar-refractivity contribution in [1.82, 2.24) is 9.80 Å². The maximum absolute atomic E-state index is 12.2. The molecule has 6 heteroatoms. The van der Waals surface area contributed by atoms with Crippen LogP contribution in [0.3, 0.4) is 0 Å². The third kappa shape index (κ3) is 3.19. The van der Waals surface area contributed by atoms with E-state index in [1.807, 2.05) is 31.4 Å². The molecule has 1 aliphatic heterocycles. The summed E-state index contributed by atoms with van der Waals surface area (Å²) in [5.74, 6) is 0.178. The first-order valence-corrected chi connectivity index (χ1v) is 7.76. The zero-order valence-electron chi connectivity index (χ0n) is 11.9. The molecule has 1 unspecified atom stereocenters. The number of piperazine rings is 1. The molecule has 1 saturated heterocycles. The molecule has 20 heavy (non-hydrogen) atoms. The van der Waals surface area contributed by atoms with Gasteiger partial charge in [-0.2, -0.15) is 0 Å². The van der Waals surface area contributed by atoms with Gasteiger partial charge in [-0.25, -0.2) is 0 Å². The highest BCUT2D eigenvalue weighted by Crippen LogP contribution is 2.14. The van der Waals surface area contributed by atoms with Gasteiger partial charge in [0.15, 0.2) is 0 Å². The van der Waals surface area contributed by atoms with E-state index in [2.05, 4.69) is 0 Å². The van der Waals surface area contributed by atoms with Crippen molar-refractivity contribution >= 4 is 23.2 Å². The molecule has 2 rings (SSSR count). The van der Waals surface area contributed by atoms with Gasteiger partial charge >= 0.3 is 0 Å². The molecule has 2 amide bonds. The van der Waals surface area contributed by atoms with E-state index in [4.69, 9.17) is 5.73 Å². The highest BCUT2D eigenvalue weighted by Gasteiger charge is 2.28. The Morgan fingerprint density at radius 2 is 1.80 bits per heavy atom. The molecule has 1 aromatic heterocycles. The van der Waals surface area contributed by atoms with E-state index in [1.165, 1.54) is 11.3 Å². The van der Waals surface area contributed by atoms with Crippen molar-refractivity contribution in [3.05, 3.63) is 22.4 Å². The second-order valence-corrected chi connectivity index (χ2v) is 6.31. The molecular weight excluding hydrogens is 274 g/mol. The Kier molecular flexibility index (Phi) is 4.77. The summed E-state index contributed by atoms with van der Waals surface area (Å²) in [6, 6.07) is 3.26. The Balaban J connectivity index is 1.89. The highest BCUT2D eigenvalue weighted by molar-refractivity contribution is 7.12. The van der Waals surface area contributed by atoms with Gasteiger partial charge in [0.25, 0.3) is 5.91 Å². The molecule has 0 radical (unpaired) electrons. The molecule has 0 spiro atoms. The lowest BCUT2D eigenvalue weighted by Gasteiger charge is -2.36. The van der Waals surface area contributed by atoms with Crippen molar-refractivity contribution in [3.8, 4) is 0 Å². The Labute approximate surface area is 123 Å².